The first-order valence-electron chi connectivity index (χ1n) is 11.8. The van der Waals surface area contributed by atoms with Gasteiger partial charge in [-0.3, -0.25) is 4.90 Å². The summed E-state index contributed by atoms with van der Waals surface area (Å²) in [6.45, 7) is 12.5. The average Bonchev–Trinajstić information content (AvgIpc) is 3.35. The van der Waals surface area contributed by atoms with E-state index in [1.54, 1.807) is 38.9 Å². The van der Waals surface area contributed by atoms with E-state index in [2.05, 4.69) is 75.1 Å². The van der Waals surface area contributed by atoms with Crippen molar-refractivity contribution in [2.75, 3.05) is 13.1 Å². The van der Waals surface area contributed by atoms with E-state index in [4.69, 9.17) is 0 Å². The number of hydrogen-bond acceptors (Lipinski definition) is 1. The predicted octanol–water partition coefficient (Wildman–Crippen LogP) is 6.80. The summed E-state index contributed by atoms with van der Waals surface area (Å²) in [6, 6.07) is 16.1. The normalized spacial score (nSPS) is 13.4. The van der Waals surface area contributed by atoms with E-state index >= 15 is 0 Å². The summed E-state index contributed by atoms with van der Waals surface area (Å²) in [4.78, 5) is 2.54. The number of rotatable bonds is 6. The largest absolute Gasteiger partial charge is 0.300 e. The Morgan fingerprint density at radius 1 is 0.667 bits per heavy atom. The van der Waals surface area contributed by atoms with Crippen LogP contribution in [-0.4, -0.2) is 18.0 Å². The quantitative estimate of drug-likeness (QED) is 0.306. The minimum absolute atomic E-state index is 1.05. The van der Waals surface area contributed by atoms with Gasteiger partial charge in [0.15, 0.2) is 0 Å². The van der Waals surface area contributed by atoms with Crippen molar-refractivity contribution in [3.63, 3.8) is 0 Å². The fourth-order valence-corrected chi connectivity index (χ4v) is 6.01. The average molecular weight is 396 g/mol. The molecule has 2 aliphatic carbocycles. The molecule has 0 heterocycles. The molecular formula is C29H33N. The molecule has 0 amide bonds. The topological polar surface area (TPSA) is 3.24 Å². The maximum atomic E-state index is 2.54. The molecule has 0 radical (unpaired) electrons. The summed E-state index contributed by atoms with van der Waals surface area (Å²) in [5.74, 6) is 0. The first kappa shape index (κ1) is 19.6. The SMILES string of the molecule is CCc1c2c(c(CC)c3c1-c1ccccc1C3)-c1c(cccc1CN(CC)CC)C2. The number of nitrogens with zero attached hydrogens (tertiary/aromatic N) is 1. The number of benzene rings is 3. The van der Waals surface area contributed by atoms with Gasteiger partial charge in [0.1, 0.15) is 0 Å². The molecule has 0 unspecified atom stereocenters. The number of fused-ring (bicyclic) bond motifs is 6. The molecule has 5 rings (SSSR count). The molecule has 0 atom stereocenters. The van der Waals surface area contributed by atoms with Crippen LogP contribution in [0.4, 0.5) is 0 Å². The monoisotopic (exact) mass is 395 g/mol. The molecule has 30 heavy (non-hydrogen) atoms. The van der Waals surface area contributed by atoms with Crippen LogP contribution in [0.1, 0.15) is 66.6 Å². The maximum absolute atomic E-state index is 2.54. The van der Waals surface area contributed by atoms with E-state index in [-0.39, 0.29) is 0 Å². The third kappa shape index (κ3) is 2.79. The highest BCUT2D eigenvalue weighted by Gasteiger charge is 2.33. The van der Waals surface area contributed by atoms with Crippen molar-refractivity contribution < 1.29 is 0 Å². The molecule has 0 N–H and O–H groups in total. The Labute approximate surface area is 181 Å². The lowest BCUT2D eigenvalue weighted by molar-refractivity contribution is 0.296. The molecule has 0 saturated heterocycles. The Balaban J connectivity index is 1.77. The zero-order valence-electron chi connectivity index (χ0n) is 18.9. The van der Waals surface area contributed by atoms with Gasteiger partial charge in [0.25, 0.3) is 0 Å². The Kier molecular flexibility index (Phi) is 5.03. The van der Waals surface area contributed by atoms with Gasteiger partial charge in [-0.05, 0) is 100.0 Å². The smallest absolute Gasteiger partial charge is 0.0239 e. The molecule has 154 valence electrons. The van der Waals surface area contributed by atoms with Crippen LogP contribution < -0.4 is 0 Å². The van der Waals surface area contributed by atoms with Crippen molar-refractivity contribution in [1.29, 1.82) is 0 Å². The third-order valence-corrected chi connectivity index (χ3v) is 7.44. The minimum atomic E-state index is 1.05. The second-order valence-corrected chi connectivity index (χ2v) is 8.79. The van der Waals surface area contributed by atoms with Crippen LogP contribution in [0.5, 0.6) is 0 Å². The second-order valence-electron chi connectivity index (χ2n) is 8.79. The predicted molar refractivity (Wildman–Crippen MR) is 128 cm³/mol. The molecule has 3 aromatic rings. The second kappa shape index (κ2) is 7.71. The van der Waals surface area contributed by atoms with E-state index < -0.39 is 0 Å². The van der Waals surface area contributed by atoms with Crippen LogP contribution in [0.3, 0.4) is 0 Å². The lowest BCUT2D eigenvalue weighted by Gasteiger charge is -2.23. The highest BCUT2D eigenvalue weighted by Crippen LogP contribution is 2.51. The fraction of sp³-hybridized carbons (Fsp3) is 0.379. The summed E-state index contributed by atoms with van der Waals surface area (Å²) in [5, 5.41) is 0. The summed E-state index contributed by atoms with van der Waals surface area (Å²) in [6.07, 6.45) is 4.43. The molecule has 1 heteroatoms. The molecule has 0 spiro atoms. The summed E-state index contributed by atoms with van der Waals surface area (Å²) >= 11 is 0. The van der Waals surface area contributed by atoms with Gasteiger partial charge in [-0.1, -0.05) is 70.2 Å². The van der Waals surface area contributed by atoms with Gasteiger partial charge in [-0.2, -0.15) is 0 Å². The van der Waals surface area contributed by atoms with Gasteiger partial charge < -0.3 is 0 Å². The van der Waals surface area contributed by atoms with Crippen LogP contribution in [0.15, 0.2) is 42.5 Å². The van der Waals surface area contributed by atoms with Gasteiger partial charge in [0.2, 0.25) is 0 Å². The molecule has 0 aromatic heterocycles. The van der Waals surface area contributed by atoms with Crippen LogP contribution in [0.25, 0.3) is 22.3 Å². The lowest BCUT2D eigenvalue weighted by Crippen LogP contribution is -2.22. The number of hydrogen-bond donors (Lipinski definition) is 0. The van der Waals surface area contributed by atoms with Crippen LogP contribution in [0, 0.1) is 0 Å². The molecule has 2 aliphatic rings. The molecule has 0 fully saturated rings. The summed E-state index contributed by atoms with van der Waals surface area (Å²) in [7, 11) is 0. The van der Waals surface area contributed by atoms with E-state index in [0.29, 0.717) is 0 Å². The van der Waals surface area contributed by atoms with E-state index in [1.165, 1.54) is 22.3 Å². The van der Waals surface area contributed by atoms with Crippen LogP contribution >= 0.6 is 0 Å². The Bertz CT molecular complexity index is 1120. The van der Waals surface area contributed by atoms with E-state index in [1.807, 2.05) is 0 Å². The Hall–Kier alpha value is -2.38. The molecule has 0 bridgehead atoms. The zero-order valence-corrected chi connectivity index (χ0v) is 18.9. The van der Waals surface area contributed by atoms with Crippen molar-refractivity contribution in [3.05, 3.63) is 81.4 Å². The van der Waals surface area contributed by atoms with E-state index in [9.17, 15) is 0 Å². The highest BCUT2D eigenvalue weighted by molar-refractivity contribution is 5.92. The molecule has 1 nitrogen and oxygen atoms in total. The molecule has 0 saturated carbocycles. The maximum Gasteiger partial charge on any atom is 0.0239 e. The Morgan fingerprint density at radius 3 is 2.03 bits per heavy atom. The summed E-state index contributed by atoms with van der Waals surface area (Å²) in [5.41, 5.74) is 17.2. The fourth-order valence-electron chi connectivity index (χ4n) is 6.01. The highest BCUT2D eigenvalue weighted by atomic mass is 15.1. The Morgan fingerprint density at radius 2 is 1.30 bits per heavy atom. The van der Waals surface area contributed by atoms with Gasteiger partial charge >= 0.3 is 0 Å². The van der Waals surface area contributed by atoms with Crippen molar-refractivity contribution in [1.82, 2.24) is 4.90 Å². The standard InChI is InChI=1S/C29H33N/c1-5-22-26-17-20-13-11-14-21(18-30(7-3)8-4)27(20)29(26)23(6-2)25-16-19-12-9-10-15-24(19)28(22)25/h9-15H,5-8,16-18H2,1-4H3. The first-order valence-corrected chi connectivity index (χ1v) is 11.8. The summed E-state index contributed by atoms with van der Waals surface area (Å²) < 4.78 is 0. The zero-order chi connectivity index (χ0) is 20.8. The van der Waals surface area contributed by atoms with Crippen molar-refractivity contribution in [2.45, 2.75) is 59.9 Å². The molecule has 3 aromatic carbocycles. The van der Waals surface area contributed by atoms with Crippen molar-refractivity contribution >= 4 is 0 Å². The van der Waals surface area contributed by atoms with Crippen LogP contribution in [0.2, 0.25) is 0 Å². The first-order chi connectivity index (χ1) is 14.7. The van der Waals surface area contributed by atoms with Gasteiger partial charge in [0.05, 0.1) is 0 Å². The van der Waals surface area contributed by atoms with Gasteiger partial charge in [0, 0.05) is 6.54 Å². The lowest BCUT2D eigenvalue weighted by atomic mass is 9.84. The van der Waals surface area contributed by atoms with Gasteiger partial charge in [-0.25, -0.2) is 0 Å². The van der Waals surface area contributed by atoms with Gasteiger partial charge in [-0.15, -0.1) is 0 Å². The van der Waals surface area contributed by atoms with Crippen molar-refractivity contribution in [2.24, 2.45) is 0 Å². The minimum Gasteiger partial charge on any atom is -0.300 e. The van der Waals surface area contributed by atoms with Crippen molar-refractivity contribution in [3.8, 4) is 22.3 Å². The molecular weight excluding hydrogens is 362 g/mol. The van der Waals surface area contributed by atoms with Crippen LogP contribution in [-0.2, 0) is 32.2 Å². The third-order valence-electron chi connectivity index (χ3n) is 7.44. The molecule has 0 aliphatic heterocycles. The van der Waals surface area contributed by atoms with E-state index in [0.717, 1.165) is 45.3 Å².